The van der Waals surface area contributed by atoms with Crippen LogP contribution in [0.25, 0.3) is 11.1 Å². The number of nitrogens with zero attached hydrogens (tertiary/aromatic N) is 3. The number of halogens is 3. The van der Waals surface area contributed by atoms with Crippen LogP contribution < -0.4 is 11.1 Å². The fourth-order valence-corrected chi connectivity index (χ4v) is 2.37. The second-order valence-electron chi connectivity index (χ2n) is 5.69. The molecule has 0 saturated heterocycles. The lowest BCUT2D eigenvalue weighted by Crippen LogP contribution is -2.24. The number of pyridine rings is 1. The largest absolute Gasteiger partial charge is 0.433 e. The van der Waals surface area contributed by atoms with Crippen molar-refractivity contribution in [2.45, 2.75) is 6.18 Å². The summed E-state index contributed by atoms with van der Waals surface area (Å²) in [6.45, 7) is 0. The molecule has 7 nitrogen and oxygen atoms in total. The topological polar surface area (TPSA) is 118 Å². The number of nitrogen functional groups attached to an aromatic ring is 1. The Labute approximate surface area is 157 Å². The molecule has 0 bridgehead atoms. The van der Waals surface area contributed by atoms with Crippen LogP contribution in [0.3, 0.4) is 0 Å². The molecule has 4 N–H and O–H groups in total. The predicted molar refractivity (Wildman–Crippen MR) is 96.6 cm³/mol. The Morgan fingerprint density at radius 3 is 2.43 bits per heavy atom. The lowest BCUT2D eigenvalue weighted by Gasteiger charge is -2.11. The summed E-state index contributed by atoms with van der Waals surface area (Å²) in [5.41, 5.74) is 6.15. The maximum Gasteiger partial charge on any atom is 0.433 e. The molecule has 0 atom stereocenters. The number of nitrogens with two attached hydrogens (primary N) is 1. The van der Waals surface area contributed by atoms with Crippen LogP contribution in [0, 0.1) is 5.41 Å². The number of aromatic nitrogens is 3. The third-order valence-corrected chi connectivity index (χ3v) is 3.78. The molecular formula is C18H13F3N6O. The number of nitrogens with one attached hydrogen (secondary N) is 2. The van der Waals surface area contributed by atoms with Crippen LogP contribution in [0.5, 0.6) is 0 Å². The molecule has 28 heavy (non-hydrogen) atoms. The van der Waals surface area contributed by atoms with E-state index in [2.05, 4.69) is 20.5 Å². The Kier molecular flexibility index (Phi) is 5.03. The number of hydrogen-bond donors (Lipinski definition) is 3. The van der Waals surface area contributed by atoms with E-state index in [1.54, 1.807) is 24.3 Å². The molecule has 0 aliphatic carbocycles. The summed E-state index contributed by atoms with van der Waals surface area (Å²) < 4.78 is 37.6. The van der Waals surface area contributed by atoms with Crippen molar-refractivity contribution in [1.29, 1.82) is 5.41 Å². The van der Waals surface area contributed by atoms with Gasteiger partial charge in [-0.05, 0) is 35.9 Å². The van der Waals surface area contributed by atoms with Crippen molar-refractivity contribution in [3.8, 4) is 11.1 Å². The van der Waals surface area contributed by atoms with E-state index in [1.807, 2.05) is 0 Å². The van der Waals surface area contributed by atoms with E-state index in [0.29, 0.717) is 5.56 Å². The zero-order valence-corrected chi connectivity index (χ0v) is 14.2. The molecule has 3 rings (SSSR count). The smallest absolute Gasteiger partial charge is 0.398 e. The van der Waals surface area contributed by atoms with Gasteiger partial charge in [-0.15, -0.1) is 0 Å². The summed E-state index contributed by atoms with van der Waals surface area (Å²) in [6, 6.07) is 8.32. The van der Waals surface area contributed by atoms with Crippen molar-refractivity contribution in [3.05, 3.63) is 66.2 Å². The third-order valence-electron chi connectivity index (χ3n) is 3.78. The Bertz CT molecular complexity index is 1020. The molecule has 0 radical (unpaired) electrons. The fraction of sp³-hybridized carbons (Fsp3) is 0.0556. The van der Waals surface area contributed by atoms with Crippen LogP contribution in [0.15, 0.2) is 55.0 Å². The zero-order valence-electron chi connectivity index (χ0n) is 14.2. The van der Waals surface area contributed by atoms with Crippen LogP contribution in [0.2, 0.25) is 0 Å². The van der Waals surface area contributed by atoms with Crippen molar-refractivity contribution >= 4 is 23.0 Å². The molecule has 2 heterocycles. The summed E-state index contributed by atoms with van der Waals surface area (Å²) in [4.78, 5) is 15.6. The van der Waals surface area contributed by atoms with Gasteiger partial charge in [-0.3, -0.25) is 10.2 Å². The van der Waals surface area contributed by atoms with Gasteiger partial charge in [0.15, 0.2) is 0 Å². The molecule has 1 aromatic carbocycles. The zero-order chi connectivity index (χ0) is 20.3. The SMILES string of the molecule is N=C(C(=O)Nc1ccc(C(F)(F)F)nc1)c1cc(-c2ccnnc2)ccc1N. The molecule has 0 spiro atoms. The van der Waals surface area contributed by atoms with E-state index in [4.69, 9.17) is 11.1 Å². The summed E-state index contributed by atoms with van der Waals surface area (Å²) in [5.74, 6) is -0.835. The van der Waals surface area contributed by atoms with Crippen LogP contribution in [0.1, 0.15) is 11.3 Å². The first kappa shape index (κ1) is 19.0. The second kappa shape index (κ2) is 7.43. The number of anilines is 2. The van der Waals surface area contributed by atoms with Crippen molar-refractivity contribution in [3.63, 3.8) is 0 Å². The van der Waals surface area contributed by atoms with Crippen LogP contribution >= 0.6 is 0 Å². The van der Waals surface area contributed by atoms with Gasteiger partial charge in [0, 0.05) is 16.8 Å². The van der Waals surface area contributed by atoms with E-state index in [9.17, 15) is 18.0 Å². The molecule has 142 valence electrons. The average Bonchev–Trinajstić information content (AvgIpc) is 2.68. The highest BCUT2D eigenvalue weighted by atomic mass is 19.4. The Morgan fingerprint density at radius 2 is 1.82 bits per heavy atom. The molecule has 0 unspecified atom stereocenters. The Balaban J connectivity index is 1.81. The van der Waals surface area contributed by atoms with Crippen molar-refractivity contribution in [2.75, 3.05) is 11.1 Å². The highest BCUT2D eigenvalue weighted by molar-refractivity contribution is 6.48. The molecule has 0 aliphatic heterocycles. The maximum absolute atomic E-state index is 12.5. The van der Waals surface area contributed by atoms with Crippen molar-refractivity contribution in [1.82, 2.24) is 15.2 Å². The van der Waals surface area contributed by atoms with Gasteiger partial charge >= 0.3 is 6.18 Å². The van der Waals surface area contributed by atoms with E-state index >= 15 is 0 Å². The minimum absolute atomic E-state index is 0.0239. The average molecular weight is 386 g/mol. The van der Waals surface area contributed by atoms with Gasteiger partial charge in [-0.2, -0.15) is 23.4 Å². The predicted octanol–water partition coefficient (Wildman–Crippen LogP) is 3.15. The highest BCUT2D eigenvalue weighted by Crippen LogP contribution is 2.28. The van der Waals surface area contributed by atoms with Gasteiger partial charge in [-0.25, -0.2) is 4.98 Å². The first-order valence-electron chi connectivity index (χ1n) is 7.86. The van der Waals surface area contributed by atoms with Gasteiger partial charge in [0.1, 0.15) is 11.4 Å². The molecule has 2 aromatic heterocycles. The van der Waals surface area contributed by atoms with Gasteiger partial charge in [0.05, 0.1) is 24.3 Å². The lowest BCUT2D eigenvalue weighted by atomic mass is 10.0. The van der Waals surface area contributed by atoms with Crippen LogP contribution in [-0.4, -0.2) is 26.8 Å². The van der Waals surface area contributed by atoms with Crippen molar-refractivity contribution in [2.24, 2.45) is 0 Å². The molecule has 1 amide bonds. The van der Waals surface area contributed by atoms with E-state index < -0.39 is 23.5 Å². The minimum Gasteiger partial charge on any atom is -0.398 e. The van der Waals surface area contributed by atoms with E-state index in [0.717, 1.165) is 23.9 Å². The Hall–Kier alpha value is -3.82. The van der Waals surface area contributed by atoms with Gasteiger partial charge in [0.25, 0.3) is 5.91 Å². The molecule has 0 saturated carbocycles. The van der Waals surface area contributed by atoms with E-state index in [-0.39, 0.29) is 16.9 Å². The van der Waals surface area contributed by atoms with Crippen molar-refractivity contribution < 1.29 is 18.0 Å². The maximum atomic E-state index is 12.5. The van der Waals surface area contributed by atoms with Gasteiger partial charge < -0.3 is 11.1 Å². The quantitative estimate of drug-likeness (QED) is 0.470. The first-order valence-corrected chi connectivity index (χ1v) is 7.86. The summed E-state index contributed by atoms with van der Waals surface area (Å²) in [5, 5.41) is 17.9. The second-order valence-corrected chi connectivity index (χ2v) is 5.69. The minimum atomic E-state index is -4.58. The molecule has 3 aromatic rings. The Morgan fingerprint density at radius 1 is 1.04 bits per heavy atom. The third kappa shape index (κ3) is 4.11. The monoisotopic (exact) mass is 386 g/mol. The number of rotatable bonds is 4. The summed E-state index contributed by atoms with van der Waals surface area (Å²) >= 11 is 0. The molecule has 0 fully saturated rings. The molecular weight excluding hydrogens is 373 g/mol. The number of hydrogen-bond acceptors (Lipinski definition) is 6. The van der Waals surface area contributed by atoms with Gasteiger partial charge in [0.2, 0.25) is 0 Å². The first-order chi connectivity index (χ1) is 13.3. The number of carbonyl (C=O) groups excluding carboxylic acids is 1. The number of amides is 1. The summed E-state index contributed by atoms with van der Waals surface area (Å²) in [7, 11) is 0. The lowest BCUT2D eigenvalue weighted by molar-refractivity contribution is -0.141. The highest BCUT2D eigenvalue weighted by Gasteiger charge is 2.32. The molecule has 10 heteroatoms. The number of alkyl halides is 3. The normalized spacial score (nSPS) is 11.1. The number of benzene rings is 1. The standard InChI is InChI=1S/C18H13F3N6O/c19-18(20,21)15-4-2-12(9-24-15)27-17(28)16(23)13-7-10(1-3-14(13)22)11-5-6-25-26-8-11/h1-9,23H,22H2,(H,27,28). The van der Waals surface area contributed by atoms with Crippen LogP contribution in [-0.2, 0) is 11.0 Å². The van der Waals surface area contributed by atoms with E-state index in [1.165, 1.54) is 12.4 Å². The van der Waals surface area contributed by atoms with Gasteiger partial charge in [-0.1, -0.05) is 6.07 Å². The van der Waals surface area contributed by atoms with Crippen LogP contribution in [0.4, 0.5) is 24.5 Å². The summed E-state index contributed by atoms with van der Waals surface area (Å²) in [6.07, 6.45) is -0.684. The fourth-order valence-electron chi connectivity index (χ4n) is 2.37. The number of carbonyl (C=O) groups is 1. The molecule has 0 aliphatic rings.